The summed E-state index contributed by atoms with van der Waals surface area (Å²) in [6.45, 7) is 2.05. The summed E-state index contributed by atoms with van der Waals surface area (Å²) in [6, 6.07) is 11.7. The first-order valence-corrected chi connectivity index (χ1v) is 7.11. The lowest BCUT2D eigenvalue weighted by atomic mass is 10.2. The molecule has 0 spiro atoms. The van der Waals surface area contributed by atoms with Crippen LogP contribution in [-0.4, -0.2) is 16.0 Å². The molecule has 1 N–H and O–H groups in total. The highest BCUT2D eigenvalue weighted by molar-refractivity contribution is 7.99. The van der Waals surface area contributed by atoms with Gasteiger partial charge >= 0.3 is 5.97 Å². The van der Waals surface area contributed by atoms with E-state index in [-0.39, 0.29) is 11.3 Å². The van der Waals surface area contributed by atoms with Crippen LogP contribution in [-0.2, 0) is 6.42 Å². The summed E-state index contributed by atoms with van der Waals surface area (Å²) >= 11 is 1.25. The van der Waals surface area contributed by atoms with Crippen LogP contribution in [0.2, 0.25) is 0 Å². The quantitative estimate of drug-likeness (QED) is 0.667. The van der Waals surface area contributed by atoms with Gasteiger partial charge in [-0.25, -0.2) is 4.79 Å². The summed E-state index contributed by atoms with van der Waals surface area (Å²) in [4.78, 5) is 22.7. The Morgan fingerprint density at radius 3 is 2.43 bits per heavy atom. The van der Waals surface area contributed by atoms with Gasteiger partial charge < -0.3 is 5.11 Å². The van der Waals surface area contributed by atoms with E-state index in [0.717, 1.165) is 17.4 Å². The number of aromatic carboxylic acids is 1. The topological polar surface area (TPSA) is 80.4 Å². The largest absolute Gasteiger partial charge is 0.478 e. The zero-order valence-corrected chi connectivity index (χ0v) is 12.1. The summed E-state index contributed by atoms with van der Waals surface area (Å²) in [5.74, 6) is -1.18. The third-order valence-electron chi connectivity index (χ3n) is 2.96. The molecule has 0 saturated carbocycles. The van der Waals surface area contributed by atoms with Crippen molar-refractivity contribution in [1.82, 2.24) is 0 Å². The predicted octanol–water partition coefficient (Wildman–Crippen LogP) is 4.01. The van der Waals surface area contributed by atoms with Crippen LogP contribution in [0.25, 0.3) is 0 Å². The van der Waals surface area contributed by atoms with Crippen molar-refractivity contribution < 1.29 is 14.8 Å². The monoisotopic (exact) mass is 303 g/mol. The Morgan fingerprint density at radius 2 is 1.90 bits per heavy atom. The van der Waals surface area contributed by atoms with Gasteiger partial charge in [-0.1, -0.05) is 30.8 Å². The highest BCUT2D eigenvalue weighted by atomic mass is 32.2. The van der Waals surface area contributed by atoms with Crippen molar-refractivity contribution in [1.29, 1.82) is 0 Å². The SMILES string of the molecule is CCc1ccc(Sc2ccc(C(=O)O)cc2[N+](=O)[O-])cc1. The van der Waals surface area contributed by atoms with Crippen molar-refractivity contribution in [3.63, 3.8) is 0 Å². The van der Waals surface area contributed by atoms with Crippen LogP contribution in [0, 0.1) is 10.1 Å². The highest BCUT2D eigenvalue weighted by Gasteiger charge is 2.18. The van der Waals surface area contributed by atoms with Gasteiger partial charge in [-0.3, -0.25) is 10.1 Å². The van der Waals surface area contributed by atoms with Crippen LogP contribution >= 0.6 is 11.8 Å². The summed E-state index contributed by atoms with van der Waals surface area (Å²) < 4.78 is 0. The van der Waals surface area contributed by atoms with E-state index in [9.17, 15) is 14.9 Å². The molecule has 0 aromatic heterocycles. The van der Waals surface area contributed by atoms with Crippen molar-refractivity contribution in [2.45, 2.75) is 23.1 Å². The molecule has 5 nitrogen and oxygen atoms in total. The van der Waals surface area contributed by atoms with Crippen LogP contribution in [0.3, 0.4) is 0 Å². The van der Waals surface area contributed by atoms with E-state index >= 15 is 0 Å². The minimum absolute atomic E-state index is 0.0904. The molecule has 0 bridgehead atoms. The highest BCUT2D eigenvalue weighted by Crippen LogP contribution is 2.35. The summed E-state index contributed by atoms with van der Waals surface area (Å²) in [5.41, 5.74) is 0.905. The Labute approximate surface area is 125 Å². The maximum atomic E-state index is 11.1. The normalized spacial score (nSPS) is 10.3. The number of hydrogen-bond acceptors (Lipinski definition) is 4. The predicted molar refractivity (Wildman–Crippen MR) is 80.0 cm³/mol. The molecule has 21 heavy (non-hydrogen) atoms. The number of nitro benzene ring substituents is 1. The lowest BCUT2D eigenvalue weighted by Crippen LogP contribution is -1.99. The lowest BCUT2D eigenvalue weighted by molar-refractivity contribution is -0.387. The molecule has 0 fully saturated rings. The van der Waals surface area contributed by atoms with Crippen molar-refractivity contribution in [2.75, 3.05) is 0 Å². The second kappa shape index (κ2) is 6.41. The second-order valence-electron chi connectivity index (χ2n) is 4.34. The van der Waals surface area contributed by atoms with Crippen LogP contribution in [0.1, 0.15) is 22.8 Å². The smallest absolute Gasteiger partial charge is 0.335 e. The van der Waals surface area contributed by atoms with E-state index in [2.05, 4.69) is 6.92 Å². The lowest BCUT2D eigenvalue weighted by Gasteiger charge is -2.05. The maximum absolute atomic E-state index is 11.1. The molecule has 0 aliphatic rings. The van der Waals surface area contributed by atoms with Crippen LogP contribution in [0.5, 0.6) is 0 Å². The Hall–Kier alpha value is -2.34. The van der Waals surface area contributed by atoms with Crippen LogP contribution < -0.4 is 0 Å². The van der Waals surface area contributed by atoms with Crippen molar-refractivity contribution in [3.8, 4) is 0 Å². The van der Waals surface area contributed by atoms with E-state index in [1.807, 2.05) is 24.3 Å². The fourth-order valence-electron chi connectivity index (χ4n) is 1.80. The second-order valence-corrected chi connectivity index (χ2v) is 5.46. The number of nitrogens with zero attached hydrogens (tertiary/aromatic N) is 1. The van der Waals surface area contributed by atoms with Crippen LogP contribution in [0.4, 0.5) is 5.69 Å². The van der Waals surface area contributed by atoms with Gasteiger partial charge in [-0.15, -0.1) is 0 Å². The molecule has 0 unspecified atom stereocenters. The molecule has 2 rings (SSSR count). The van der Waals surface area contributed by atoms with Gasteiger partial charge in [0, 0.05) is 11.0 Å². The number of rotatable bonds is 5. The standard InChI is InChI=1S/C15H13NO4S/c1-2-10-3-6-12(7-4-10)21-14-8-5-11(15(17)18)9-13(14)16(19)20/h3-9H,2H2,1H3,(H,17,18). The van der Waals surface area contributed by atoms with E-state index < -0.39 is 10.9 Å². The van der Waals surface area contributed by atoms with E-state index in [1.165, 1.54) is 29.5 Å². The van der Waals surface area contributed by atoms with Gasteiger partial charge in [0.25, 0.3) is 5.69 Å². The molecule has 0 aliphatic carbocycles. The first kappa shape index (κ1) is 15.1. The van der Waals surface area contributed by atoms with Crippen molar-refractivity contribution in [2.24, 2.45) is 0 Å². The van der Waals surface area contributed by atoms with Gasteiger partial charge in [0.2, 0.25) is 0 Å². The summed E-state index contributed by atoms with van der Waals surface area (Å²) in [7, 11) is 0. The molecular formula is C15H13NO4S. The Bertz CT molecular complexity index is 683. The number of hydrogen-bond donors (Lipinski definition) is 1. The first-order valence-electron chi connectivity index (χ1n) is 6.29. The molecule has 0 radical (unpaired) electrons. The number of benzene rings is 2. The maximum Gasteiger partial charge on any atom is 0.335 e. The van der Waals surface area contributed by atoms with E-state index in [4.69, 9.17) is 5.11 Å². The van der Waals surface area contributed by atoms with Gasteiger partial charge in [0.15, 0.2) is 0 Å². The number of nitro groups is 1. The molecule has 6 heteroatoms. The molecule has 0 heterocycles. The van der Waals surface area contributed by atoms with Gasteiger partial charge in [-0.2, -0.15) is 0 Å². The molecule has 0 amide bonds. The zero-order chi connectivity index (χ0) is 15.4. The van der Waals surface area contributed by atoms with Crippen molar-refractivity contribution >= 4 is 23.4 Å². The number of aryl methyl sites for hydroxylation is 1. The van der Waals surface area contributed by atoms with E-state index in [1.54, 1.807) is 0 Å². The molecule has 0 atom stereocenters. The molecule has 0 aliphatic heterocycles. The number of carboxylic acid groups (broad SMARTS) is 1. The molecule has 2 aromatic carbocycles. The molecule has 108 valence electrons. The summed E-state index contributed by atoms with van der Waals surface area (Å²) in [6.07, 6.45) is 0.929. The third-order valence-corrected chi connectivity index (χ3v) is 4.03. The van der Waals surface area contributed by atoms with E-state index in [0.29, 0.717) is 4.90 Å². The fourth-order valence-corrected chi connectivity index (χ4v) is 2.70. The van der Waals surface area contributed by atoms with Crippen LogP contribution in [0.15, 0.2) is 52.3 Å². The average Bonchev–Trinajstić information content (AvgIpc) is 2.48. The minimum atomic E-state index is -1.18. The molecular weight excluding hydrogens is 290 g/mol. The Balaban J connectivity index is 2.34. The minimum Gasteiger partial charge on any atom is -0.478 e. The zero-order valence-electron chi connectivity index (χ0n) is 11.3. The summed E-state index contributed by atoms with van der Waals surface area (Å²) in [5, 5.41) is 20.0. The molecule has 2 aromatic rings. The number of carbonyl (C=O) groups is 1. The molecule has 0 saturated heterocycles. The van der Waals surface area contributed by atoms with Gasteiger partial charge in [-0.05, 0) is 36.2 Å². The average molecular weight is 303 g/mol. The Morgan fingerprint density at radius 1 is 1.24 bits per heavy atom. The Kier molecular flexibility index (Phi) is 4.59. The van der Waals surface area contributed by atoms with Crippen molar-refractivity contribution in [3.05, 3.63) is 63.7 Å². The fraction of sp³-hybridized carbons (Fsp3) is 0.133. The first-order chi connectivity index (χ1) is 10.0. The third kappa shape index (κ3) is 3.61. The van der Waals surface area contributed by atoms with Gasteiger partial charge in [0.05, 0.1) is 15.4 Å². The number of carboxylic acids is 1. The van der Waals surface area contributed by atoms with Gasteiger partial charge in [0.1, 0.15) is 0 Å².